The van der Waals surface area contributed by atoms with E-state index < -0.39 is 57.4 Å². The summed E-state index contributed by atoms with van der Waals surface area (Å²) >= 11 is 63.8. The molecule has 0 aliphatic heterocycles. The van der Waals surface area contributed by atoms with E-state index in [2.05, 4.69) is 232 Å². The molecular weight excluding hydrogens is 2950 g/mol. The third kappa shape index (κ3) is 70.7. The Hall–Kier alpha value is -3.43. The summed E-state index contributed by atoms with van der Waals surface area (Å²) in [4.78, 5) is 51.1. The monoisotopic (exact) mass is 3050 g/mol. The van der Waals surface area contributed by atoms with Crippen molar-refractivity contribution in [1.29, 1.82) is 0 Å². The molecule has 1 heterocycles. The summed E-state index contributed by atoms with van der Waals surface area (Å²) in [5.74, 6) is 3.67. The van der Waals surface area contributed by atoms with E-state index in [4.69, 9.17) is 126 Å². The molecule has 147 heavy (non-hydrogen) atoms. The molecule has 15 N–H and O–H groups in total. The molecule has 10 aromatic carbocycles. The number of nitrogens with two attached hydrogens (primary N) is 6. The molecule has 0 bridgehead atoms. The van der Waals surface area contributed by atoms with Gasteiger partial charge in [0.15, 0.2) is 30.6 Å². The number of anilines is 6. The standard InChI is InChI=1S/C17H14Br2O2S.C15H21NO4S.C12H18N2O2.C10H13NO2S.C9H9Br2NOS.C8H7BrN2OS.C7H7Br2NO.C7H8BrNO.C7H5ClO.C2H4Cl2O2S.CH4.BBr3.Br2.2Na.H2O.H/c1-21-17-8-12(18)7-15(19)14(17)9-13(22)10-16(20)11-5-3-2-4-6-11;1-5-21(18,19)10-9-12-7-6-8-13(11-12)16-14(17)20-15(2,3)4;1-12(2,3)16-11(15)14-10-6-4-5-9(7-10)8-13;1-2-14(12,13)7-6-9-4-3-5-10(11)8-9;1-13-8-3-5(10)2-7(11)6(8)4-9(12)14;1-12-5-2-4(9)3-6-7(5)11-8(10)13-6;1-11-6-3-4(8)2-5(9)7(6)10;1-10-7-4-5(8)2-3-6(7)9;8-7(9)6-4-2-1-3-5-6;3-1-2-7(4,5)6;;2-1(3)4;1-2;;;;/h2-8H,9-10H2,1H3;5-8,11H,1,9-10H2,2-4H3,(H,16,17);4-7H,8,13H2,1-3H3,(H,14,15);2-5,8H,1,6-7,11H2;2-3H,4H2,1H3,(H2,12,14);2-3H,1H3,(H2,10,11);2-3H,10H2,1H3;2-4H,9H2,1H3;1-5H;1-2H2;1H4;;;;;1H2;/q;;;;;;;;;;;;;2*+1;;-1/p-1. The third-order valence-electron chi connectivity index (χ3n) is 16.5. The summed E-state index contributed by atoms with van der Waals surface area (Å²) in [6.45, 7) is 17.8. The van der Waals surface area contributed by atoms with Crippen molar-refractivity contribution in [2.75, 3.05) is 92.3 Å². The van der Waals surface area contributed by atoms with Crippen molar-refractivity contribution in [3.05, 3.63) is 299 Å². The predicted molar refractivity (Wildman–Crippen MR) is 659 cm³/mol. The van der Waals surface area contributed by atoms with E-state index in [0.717, 1.165) is 102 Å². The first kappa shape index (κ1) is 152. The number of aromatic nitrogens is 1. The number of carbonyl (C=O) groups excluding carboxylic acids is 4. The van der Waals surface area contributed by atoms with Gasteiger partial charge in [-0.2, -0.15) is 0 Å². The van der Waals surface area contributed by atoms with Crippen molar-refractivity contribution in [3.63, 3.8) is 0 Å². The van der Waals surface area contributed by atoms with E-state index in [-0.39, 0.29) is 112 Å². The van der Waals surface area contributed by atoms with Gasteiger partial charge in [-0.15, -0.1) is 58.9 Å². The molecule has 2 amide bonds. The number of fused-ring (bicyclic) bond motifs is 1. The van der Waals surface area contributed by atoms with Crippen molar-refractivity contribution in [1.82, 2.24) is 4.98 Å². The first-order chi connectivity index (χ1) is 66.8. The summed E-state index contributed by atoms with van der Waals surface area (Å²) in [5.41, 5.74) is 42.2. The first-order valence-corrected chi connectivity index (χ1v) is 62.0. The van der Waals surface area contributed by atoms with Crippen molar-refractivity contribution in [3.8, 4) is 28.7 Å². The number of thiocarbonyl (C=S) groups is 2. The Labute approximate surface area is 1050 Å². The maximum Gasteiger partial charge on any atom is 1.00 e. The minimum atomic E-state index is -3.33. The Morgan fingerprint density at radius 1 is 0.510 bits per heavy atom. The van der Waals surface area contributed by atoms with Gasteiger partial charge in [-0.1, -0.05) is 265 Å². The average Bonchev–Trinajstić information content (AvgIpc) is 1.68. The Bertz CT molecular complexity index is 6310. The molecule has 0 fully saturated rings. The van der Waals surface area contributed by atoms with Crippen LogP contribution in [0.1, 0.15) is 105 Å². The number of nitrogen functional groups attached to an aromatic ring is 4. The van der Waals surface area contributed by atoms with E-state index in [9.17, 15) is 44.4 Å². The smallest absolute Gasteiger partial charge is 1.00 e. The topological polar surface area (TPSA) is 458 Å². The maximum absolute atomic E-state index is 12.2. The molecule has 1 aromatic heterocycles. The largest absolute Gasteiger partial charge is 1.00 e. The second-order valence-electron chi connectivity index (χ2n) is 29.8. The molecule has 27 nitrogen and oxygen atoms in total. The quantitative estimate of drug-likeness (QED) is 0.00623. The number of nitrogens with one attached hydrogen (secondary N) is 2. The van der Waals surface area contributed by atoms with Crippen LogP contribution in [0.5, 0.6) is 28.7 Å². The van der Waals surface area contributed by atoms with Gasteiger partial charge in [0, 0.05) is 161 Å². The molecule has 0 radical (unpaired) electrons. The molecule has 11 rings (SSSR count). The number of thiazole rings is 1. The van der Waals surface area contributed by atoms with Crippen LogP contribution < -0.4 is 128 Å². The Kier molecular flexibility index (Phi) is 84.0. The number of ether oxygens (including phenoxy) is 7. The van der Waals surface area contributed by atoms with Crippen LogP contribution in [0.15, 0.2) is 260 Å². The number of hydrogen-bond acceptors (Lipinski definition) is 27. The number of aryl methyl sites for hydroxylation is 2. The number of rotatable bonds is 26. The van der Waals surface area contributed by atoms with Gasteiger partial charge in [-0.3, -0.25) is 20.2 Å². The molecule has 798 valence electrons. The number of hydrogen-bond donors (Lipinski definition) is 8. The van der Waals surface area contributed by atoms with Crippen LogP contribution in [-0.4, -0.2) is 142 Å². The van der Waals surface area contributed by atoms with Crippen LogP contribution in [0, 0.1) is 0 Å². The first-order valence-electron chi connectivity index (χ1n) is 40.7. The van der Waals surface area contributed by atoms with Crippen LogP contribution in [-0.2, 0) is 70.4 Å². The fourth-order valence-corrected chi connectivity index (χ4v) is 19.0. The van der Waals surface area contributed by atoms with Gasteiger partial charge >= 0.3 is 74.5 Å². The summed E-state index contributed by atoms with van der Waals surface area (Å²) in [6, 6.07) is 60.2. The zero-order valence-electron chi connectivity index (χ0n) is 82.1. The van der Waals surface area contributed by atoms with E-state index in [1.54, 1.807) is 141 Å². The van der Waals surface area contributed by atoms with Gasteiger partial charge < -0.3 is 74.5 Å². The van der Waals surface area contributed by atoms with Crippen molar-refractivity contribution in [2.24, 2.45) is 11.5 Å². The number of sulfone groups is 2. The van der Waals surface area contributed by atoms with Crippen LogP contribution >= 0.6 is 273 Å². The maximum atomic E-state index is 12.2. The number of amides is 2. The van der Waals surface area contributed by atoms with Gasteiger partial charge in [-0.25, -0.2) is 39.8 Å². The molecule has 0 aliphatic carbocycles. The number of Topliss-reactive ketones (excluding diaryl/α,β-unsaturated/α-hetero) is 1. The number of nitrogens with zero attached hydrogens (tertiary/aromatic N) is 1. The summed E-state index contributed by atoms with van der Waals surface area (Å²) in [6.07, 6.45) is 1.14. The molecular formula is C95H112BBr13Cl3N9Na2O18S6. The fourth-order valence-electron chi connectivity index (χ4n) is 10.3. The normalized spacial score (nSPS) is 10.1. The van der Waals surface area contributed by atoms with Gasteiger partial charge in [0.25, 0.3) is 5.24 Å². The van der Waals surface area contributed by atoms with E-state index >= 15 is 0 Å². The molecule has 0 unspecified atom stereocenters. The minimum absolute atomic E-state index is 0. The summed E-state index contributed by atoms with van der Waals surface area (Å²) in [5, 5.41) is 7.37. The fraction of sp³-hybridized carbons (Fsp3) is 0.253. The third-order valence-corrected chi connectivity index (χ3v) is 26.5. The zero-order valence-corrected chi connectivity index (χ0v) is 113. The molecule has 11 aromatic rings. The van der Waals surface area contributed by atoms with Crippen LogP contribution in [0.3, 0.4) is 0 Å². The number of methoxy groups -OCH3 is 5. The molecule has 52 heteroatoms. The molecule has 0 aliphatic rings. The second kappa shape index (κ2) is 81.2. The van der Waals surface area contributed by atoms with E-state index in [1.165, 1.54) is 11.3 Å². The van der Waals surface area contributed by atoms with Crippen molar-refractivity contribution >= 4 is 381 Å². The number of alkyl halides is 1. The molecule has 0 spiro atoms. The number of halogens is 16. The van der Waals surface area contributed by atoms with Gasteiger partial charge in [-0.05, 0) is 202 Å². The van der Waals surface area contributed by atoms with Gasteiger partial charge in [0.2, 0.25) is 9.05 Å². The summed E-state index contributed by atoms with van der Waals surface area (Å²) < 4.78 is 110. The predicted octanol–water partition coefficient (Wildman–Crippen LogP) is 24.2. The minimum Gasteiger partial charge on any atom is -1.00 e. The van der Waals surface area contributed by atoms with Crippen LogP contribution in [0.25, 0.3) is 10.2 Å². The number of ketones is 1. The van der Waals surface area contributed by atoms with Crippen LogP contribution in [0.2, 0.25) is 0 Å². The average molecular weight is 3060 g/mol. The van der Waals surface area contributed by atoms with Crippen molar-refractivity contribution in [2.45, 2.75) is 98.8 Å². The Morgan fingerprint density at radius 2 is 0.891 bits per heavy atom. The van der Waals surface area contributed by atoms with Crippen molar-refractivity contribution < 1.29 is 144 Å². The molecule has 0 atom stereocenters. The number of benzene rings is 10. The number of carbonyl (C=O) groups is 4. The Morgan fingerprint density at radius 3 is 1.27 bits per heavy atom. The summed E-state index contributed by atoms with van der Waals surface area (Å²) in [7, 11) is 3.10. The van der Waals surface area contributed by atoms with E-state index in [0.29, 0.717) is 98.3 Å². The van der Waals surface area contributed by atoms with Gasteiger partial charge in [0.05, 0.1) is 73.9 Å². The van der Waals surface area contributed by atoms with E-state index in [1.807, 2.05) is 136 Å². The second-order valence-corrected chi connectivity index (χ2v) is 53.3. The molecule has 0 saturated heterocycles. The zero-order chi connectivity index (χ0) is 109. The molecule has 0 saturated carbocycles. The Balaban J connectivity index is -0.000000380. The van der Waals surface area contributed by atoms with Crippen LogP contribution in [0.4, 0.5) is 43.2 Å². The van der Waals surface area contributed by atoms with Gasteiger partial charge in [0.1, 0.15) is 45.5 Å². The SMILES string of the molecule is BrB(Br)Br.BrBr.C.C=CS(=O)(=O)CCc1cccc(N)c1.C=CS(=O)(=O)CCc1cccc(NC(=O)OC(C)(C)C)c1.CC(C)(C)OC(=O)Nc1cccc(CN)c1.COc1cc(Br)cc(Br)c1CC(=S)CC(=O)c1ccccc1.COc1cc(Br)cc(Br)c1CC(N)=S.COc1cc(Br)cc(Br)c1N.COc1cc(Br)cc2sc(N)nc12.COc1cc(Br)ccc1N.O=C(Cl)c1ccccc1.O=S(=O)(Cl)CCCl.[H-].[Na+].[Na+].[OH-].